The van der Waals surface area contributed by atoms with Crippen molar-refractivity contribution in [2.45, 2.75) is 62.9 Å². The van der Waals surface area contributed by atoms with Crippen molar-refractivity contribution < 1.29 is 23.1 Å². The van der Waals surface area contributed by atoms with E-state index in [2.05, 4.69) is 15.2 Å². The van der Waals surface area contributed by atoms with Crippen molar-refractivity contribution in [1.82, 2.24) is 34.3 Å². The zero-order valence-electron chi connectivity index (χ0n) is 19.3. The van der Waals surface area contributed by atoms with E-state index in [0.29, 0.717) is 29.8 Å². The normalized spacial score (nSPS) is 26.3. The van der Waals surface area contributed by atoms with E-state index < -0.39 is 11.9 Å². The minimum absolute atomic E-state index is 0.0617. The van der Waals surface area contributed by atoms with Gasteiger partial charge in [0.25, 0.3) is 0 Å². The van der Waals surface area contributed by atoms with Crippen molar-refractivity contribution in [3.05, 3.63) is 30.1 Å². The standard InChI is InChI=1S/C23H28F3N7O2/c24-23(25,26)33-9-16(8-28-33)3-15-4-20(5-15)10-30(11-20)19(34)31-12-21(13-31)6-17(7-21)32-14-27-18(29-32)22(35)1-2-22/h8-9,14-15,17,35H,1-7,10-13H2. The largest absolute Gasteiger partial charge is 0.504 e. The number of aliphatic hydroxyl groups is 1. The smallest absolute Gasteiger partial charge is 0.382 e. The third-order valence-electron chi connectivity index (χ3n) is 8.87. The molecule has 2 aromatic heterocycles. The van der Waals surface area contributed by atoms with E-state index in [1.54, 1.807) is 6.33 Å². The molecule has 0 radical (unpaired) electrons. The van der Waals surface area contributed by atoms with Crippen LogP contribution < -0.4 is 0 Å². The minimum atomic E-state index is -4.47. The number of likely N-dealkylation sites (tertiary alicyclic amines) is 2. The van der Waals surface area contributed by atoms with Crippen LogP contribution in [0.4, 0.5) is 18.0 Å². The van der Waals surface area contributed by atoms with Crippen molar-refractivity contribution >= 4 is 6.03 Å². The summed E-state index contributed by atoms with van der Waals surface area (Å²) in [5.74, 6) is 0.889. The highest BCUT2D eigenvalue weighted by Gasteiger charge is 2.58. The first-order chi connectivity index (χ1) is 16.5. The molecular weight excluding hydrogens is 463 g/mol. The number of amides is 2. The fourth-order valence-electron chi connectivity index (χ4n) is 6.89. The van der Waals surface area contributed by atoms with E-state index in [-0.39, 0.29) is 21.5 Å². The maximum absolute atomic E-state index is 12.9. The molecule has 2 saturated heterocycles. The fraction of sp³-hybridized carbons (Fsp3) is 0.739. The molecule has 7 rings (SSSR count). The molecule has 5 aliphatic rings. The summed E-state index contributed by atoms with van der Waals surface area (Å²) in [5.41, 5.74) is 0.150. The summed E-state index contributed by atoms with van der Waals surface area (Å²) < 4.78 is 40.0. The number of carbonyl (C=O) groups excluding carboxylic acids is 1. The Morgan fingerprint density at radius 3 is 2.26 bits per heavy atom. The van der Waals surface area contributed by atoms with E-state index in [1.165, 1.54) is 6.20 Å². The number of hydrogen-bond donors (Lipinski definition) is 1. The van der Waals surface area contributed by atoms with Gasteiger partial charge in [0.2, 0.25) is 0 Å². The topological polar surface area (TPSA) is 92.3 Å². The van der Waals surface area contributed by atoms with Crippen LogP contribution in [0.2, 0.25) is 0 Å². The van der Waals surface area contributed by atoms with Gasteiger partial charge in [0.05, 0.1) is 12.2 Å². The van der Waals surface area contributed by atoms with E-state index >= 15 is 0 Å². The maximum Gasteiger partial charge on any atom is 0.504 e. The number of hydrogen-bond acceptors (Lipinski definition) is 5. The average molecular weight is 492 g/mol. The molecule has 0 unspecified atom stereocenters. The monoisotopic (exact) mass is 491 g/mol. The van der Waals surface area contributed by atoms with Gasteiger partial charge in [0, 0.05) is 43.2 Å². The predicted octanol–water partition coefficient (Wildman–Crippen LogP) is 2.64. The van der Waals surface area contributed by atoms with Crippen LogP contribution in [0.5, 0.6) is 0 Å². The third kappa shape index (κ3) is 3.47. The number of rotatable bonds is 4. The van der Waals surface area contributed by atoms with Crippen LogP contribution in [-0.4, -0.2) is 71.7 Å². The second kappa shape index (κ2) is 6.77. The van der Waals surface area contributed by atoms with Crippen LogP contribution in [0.3, 0.4) is 0 Å². The first kappa shape index (κ1) is 21.6. The fourth-order valence-corrected chi connectivity index (χ4v) is 6.89. The van der Waals surface area contributed by atoms with Gasteiger partial charge >= 0.3 is 12.3 Å². The van der Waals surface area contributed by atoms with Gasteiger partial charge in [-0.1, -0.05) is 0 Å². The van der Waals surface area contributed by atoms with Gasteiger partial charge in [-0.3, -0.25) is 0 Å². The first-order valence-corrected chi connectivity index (χ1v) is 12.3. The minimum Gasteiger partial charge on any atom is -0.382 e. The van der Waals surface area contributed by atoms with Gasteiger partial charge in [-0.2, -0.15) is 14.9 Å². The van der Waals surface area contributed by atoms with Crippen LogP contribution in [0, 0.1) is 16.7 Å². The highest BCUT2D eigenvalue weighted by atomic mass is 19.4. The van der Waals surface area contributed by atoms with Gasteiger partial charge in [-0.25, -0.2) is 14.5 Å². The van der Waals surface area contributed by atoms with Crippen LogP contribution in [0.1, 0.15) is 56.0 Å². The molecule has 2 aromatic rings. The molecule has 1 N–H and O–H groups in total. The van der Waals surface area contributed by atoms with Crippen LogP contribution in [-0.2, 0) is 18.3 Å². The van der Waals surface area contributed by atoms with Crippen LogP contribution in [0.15, 0.2) is 18.7 Å². The van der Waals surface area contributed by atoms with E-state index in [9.17, 15) is 23.1 Å². The maximum atomic E-state index is 12.9. The zero-order chi connectivity index (χ0) is 24.2. The highest BCUT2D eigenvalue weighted by Crippen LogP contribution is 2.56. The molecule has 0 aromatic carbocycles. The highest BCUT2D eigenvalue weighted by molar-refractivity contribution is 5.77. The number of nitrogens with zero attached hydrogens (tertiary/aromatic N) is 7. The molecule has 2 aliphatic heterocycles. The number of carbonyl (C=O) groups is 1. The lowest BCUT2D eigenvalue weighted by atomic mass is 9.56. The van der Waals surface area contributed by atoms with Crippen molar-refractivity contribution in [2.75, 3.05) is 26.2 Å². The van der Waals surface area contributed by atoms with Gasteiger partial charge in [-0.15, -0.1) is 13.2 Å². The summed E-state index contributed by atoms with van der Waals surface area (Å²) in [6.07, 6.45) is 5.56. The van der Waals surface area contributed by atoms with Gasteiger partial charge in [0.1, 0.15) is 11.9 Å². The van der Waals surface area contributed by atoms with E-state index in [1.807, 2.05) is 14.5 Å². The van der Waals surface area contributed by atoms with E-state index in [4.69, 9.17) is 0 Å². The molecule has 4 heterocycles. The Morgan fingerprint density at radius 1 is 1.06 bits per heavy atom. The quantitative estimate of drug-likeness (QED) is 0.710. The van der Waals surface area contributed by atoms with Gasteiger partial charge in [0.15, 0.2) is 5.82 Å². The van der Waals surface area contributed by atoms with Crippen molar-refractivity contribution in [3.8, 4) is 0 Å². The lowest BCUT2D eigenvalue weighted by molar-refractivity contribution is -0.212. The Labute approximate surface area is 199 Å². The van der Waals surface area contributed by atoms with E-state index in [0.717, 1.165) is 70.9 Å². The Morgan fingerprint density at radius 2 is 1.69 bits per heavy atom. The van der Waals surface area contributed by atoms with Crippen LogP contribution in [0.25, 0.3) is 0 Å². The number of halogens is 3. The zero-order valence-corrected chi connectivity index (χ0v) is 19.3. The molecule has 188 valence electrons. The van der Waals surface area contributed by atoms with Gasteiger partial charge < -0.3 is 14.9 Å². The second-order valence-corrected chi connectivity index (χ2v) is 11.9. The Hall–Kier alpha value is -2.63. The summed E-state index contributed by atoms with van der Waals surface area (Å²) in [5, 5.41) is 18.1. The molecule has 3 saturated carbocycles. The van der Waals surface area contributed by atoms with Gasteiger partial charge in [-0.05, 0) is 56.4 Å². The Kier molecular flexibility index (Phi) is 4.19. The number of aromatic nitrogens is 5. The molecule has 12 heteroatoms. The first-order valence-electron chi connectivity index (χ1n) is 12.3. The Bertz CT molecular complexity index is 1160. The lowest BCUT2D eigenvalue weighted by Crippen LogP contribution is -2.71. The molecule has 0 bridgehead atoms. The Balaban J connectivity index is 0.845. The van der Waals surface area contributed by atoms with Crippen LogP contribution >= 0.6 is 0 Å². The van der Waals surface area contributed by atoms with Crippen molar-refractivity contribution in [1.29, 1.82) is 0 Å². The average Bonchev–Trinajstić information content (AvgIpc) is 3.10. The predicted molar refractivity (Wildman–Crippen MR) is 115 cm³/mol. The molecule has 35 heavy (non-hydrogen) atoms. The number of alkyl halides is 3. The summed E-state index contributed by atoms with van der Waals surface area (Å²) in [7, 11) is 0. The summed E-state index contributed by atoms with van der Waals surface area (Å²) >= 11 is 0. The summed E-state index contributed by atoms with van der Waals surface area (Å²) in [6.45, 7) is 3.06. The molecular formula is C23H28F3N7O2. The van der Waals surface area contributed by atoms with Crippen molar-refractivity contribution in [3.63, 3.8) is 0 Å². The van der Waals surface area contributed by atoms with Crippen molar-refractivity contribution in [2.24, 2.45) is 16.7 Å². The third-order valence-corrected chi connectivity index (χ3v) is 8.87. The molecule has 3 aliphatic carbocycles. The molecule has 2 amide bonds. The summed E-state index contributed by atoms with van der Waals surface area (Å²) in [6, 6.07) is 0.400. The SMILES string of the molecule is O=C(N1CC2(CC(Cc3cnn(C(F)(F)F)c3)C2)C1)N1CC2(CC(n3cnc(C4(O)CC4)n3)C2)C1. The molecule has 9 nitrogen and oxygen atoms in total. The molecule has 5 fully saturated rings. The lowest BCUT2D eigenvalue weighted by Gasteiger charge is -2.63. The molecule has 0 atom stereocenters. The molecule has 2 spiro atoms. The second-order valence-electron chi connectivity index (χ2n) is 11.9. The summed E-state index contributed by atoms with van der Waals surface area (Å²) in [4.78, 5) is 21.0. The number of urea groups is 1.